The number of nitrogens with zero attached hydrogens (tertiary/aromatic N) is 1. The van der Waals surface area contributed by atoms with Crippen LogP contribution in [0.3, 0.4) is 0 Å². The number of halogens is 1. The molecule has 33 heavy (non-hydrogen) atoms. The fourth-order valence-electron chi connectivity index (χ4n) is 4.08. The molecule has 3 aromatic carbocycles. The predicted octanol–water partition coefficient (Wildman–Crippen LogP) is 4.87. The van der Waals surface area contributed by atoms with Gasteiger partial charge in [0, 0.05) is 23.0 Å². The molecule has 0 aliphatic rings. The molecule has 170 valence electrons. The van der Waals surface area contributed by atoms with Crippen molar-refractivity contribution < 1.29 is 22.7 Å². The minimum Gasteiger partial charge on any atom is -0.480 e. The number of hydrogen-bond donors (Lipinski definition) is 2. The molecule has 2 N–H and O–H groups in total. The molecule has 0 radical (unpaired) electrons. The molecule has 1 heterocycles. The summed E-state index contributed by atoms with van der Waals surface area (Å²) in [6, 6.07) is 17.9. The van der Waals surface area contributed by atoms with E-state index in [0.29, 0.717) is 33.4 Å². The molecule has 4 rings (SSSR count). The molecule has 4 aromatic rings. The molecular formula is C25H23FN2O4S. The van der Waals surface area contributed by atoms with E-state index in [1.165, 1.54) is 18.2 Å². The average Bonchev–Trinajstić information content (AvgIpc) is 3.00. The molecule has 0 saturated carbocycles. The molecule has 1 aromatic heterocycles. The standard InChI is InChI=1S/C25H23FN2O4S/c1-16-7-3-5-9-22(16)27-33(31,32)24-10-6-4-8-18(24)13-20-17(2)28(15-25(29)30)23-12-11-19(26)14-21(20)23/h3-12,14,27H,13,15H2,1-2H3,(H,29,30). The number of carboxylic acids is 1. The van der Waals surface area contributed by atoms with E-state index >= 15 is 0 Å². The van der Waals surface area contributed by atoms with Crippen LogP contribution < -0.4 is 4.72 Å². The van der Waals surface area contributed by atoms with Gasteiger partial charge in [-0.15, -0.1) is 0 Å². The second-order valence-electron chi connectivity index (χ2n) is 7.91. The van der Waals surface area contributed by atoms with E-state index in [4.69, 9.17) is 0 Å². The maximum absolute atomic E-state index is 14.1. The SMILES string of the molecule is Cc1ccccc1NS(=O)(=O)c1ccccc1Cc1c(C)n(CC(=O)O)c2ccc(F)cc12. The number of sulfonamides is 1. The number of nitrogens with one attached hydrogen (secondary N) is 1. The highest BCUT2D eigenvalue weighted by atomic mass is 32.2. The fourth-order valence-corrected chi connectivity index (χ4v) is 5.45. The minimum absolute atomic E-state index is 0.114. The Morgan fingerprint density at radius 2 is 1.73 bits per heavy atom. The van der Waals surface area contributed by atoms with Crippen LogP contribution in [-0.4, -0.2) is 24.1 Å². The van der Waals surface area contributed by atoms with Crippen molar-refractivity contribution in [2.45, 2.75) is 31.7 Å². The number of aryl methyl sites for hydroxylation is 1. The number of benzene rings is 3. The lowest BCUT2D eigenvalue weighted by atomic mass is 10.0. The van der Waals surface area contributed by atoms with Crippen LogP contribution in [0, 0.1) is 19.7 Å². The molecule has 0 atom stereocenters. The van der Waals surface area contributed by atoms with Crippen molar-refractivity contribution in [1.29, 1.82) is 0 Å². The van der Waals surface area contributed by atoms with Gasteiger partial charge in [0.2, 0.25) is 0 Å². The Bertz CT molecular complexity index is 1480. The van der Waals surface area contributed by atoms with Crippen molar-refractivity contribution in [3.8, 4) is 0 Å². The first-order chi connectivity index (χ1) is 15.7. The first-order valence-corrected chi connectivity index (χ1v) is 11.8. The Labute approximate surface area is 191 Å². The van der Waals surface area contributed by atoms with E-state index in [-0.39, 0.29) is 17.9 Å². The Morgan fingerprint density at radius 1 is 1.03 bits per heavy atom. The minimum atomic E-state index is -3.90. The molecule has 0 unspecified atom stereocenters. The summed E-state index contributed by atoms with van der Waals surface area (Å²) in [5.74, 6) is -1.46. The zero-order valence-electron chi connectivity index (χ0n) is 18.2. The summed E-state index contributed by atoms with van der Waals surface area (Å²) < 4.78 is 44.9. The van der Waals surface area contributed by atoms with Gasteiger partial charge in [0.15, 0.2) is 0 Å². The predicted molar refractivity (Wildman–Crippen MR) is 126 cm³/mol. The molecule has 0 spiro atoms. The number of aliphatic carboxylic acids is 1. The van der Waals surface area contributed by atoms with E-state index in [2.05, 4.69) is 4.72 Å². The first-order valence-electron chi connectivity index (χ1n) is 10.3. The number of aromatic nitrogens is 1. The van der Waals surface area contributed by atoms with Crippen LogP contribution in [0.1, 0.15) is 22.4 Å². The van der Waals surface area contributed by atoms with Crippen LogP contribution in [0.5, 0.6) is 0 Å². The monoisotopic (exact) mass is 466 g/mol. The van der Waals surface area contributed by atoms with Crippen LogP contribution in [0.4, 0.5) is 10.1 Å². The maximum atomic E-state index is 14.1. The quantitative estimate of drug-likeness (QED) is 0.407. The third-order valence-corrected chi connectivity index (χ3v) is 7.19. The van der Waals surface area contributed by atoms with Crippen molar-refractivity contribution in [3.63, 3.8) is 0 Å². The highest BCUT2D eigenvalue weighted by molar-refractivity contribution is 7.92. The van der Waals surface area contributed by atoms with Crippen molar-refractivity contribution in [2.75, 3.05) is 4.72 Å². The Kier molecular flexibility index (Phi) is 5.95. The van der Waals surface area contributed by atoms with Crippen LogP contribution in [0.2, 0.25) is 0 Å². The van der Waals surface area contributed by atoms with Crippen LogP contribution in [-0.2, 0) is 27.8 Å². The number of hydrogen-bond acceptors (Lipinski definition) is 3. The first kappa shape index (κ1) is 22.5. The second kappa shape index (κ2) is 8.71. The van der Waals surface area contributed by atoms with E-state index < -0.39 is 21.8 Å². The lowest BCUT2D eigenvalue weighted by molar-refractivity contribution is -0.137. The van der Waals surface area contributed by atoms with Gasteiger partial charge in [-0.1, -0.05) is 36.4 Å². The molecule has 0 aliphatic carbocycles. The third-order valence-electron chi connectivity index (χ3n) is 5.73. The number of carboxylic acid groups (broad SMARTS) is 1. The van der Waals surface area contributed by atoms with Gasteiger partial charge in [-0.05, 0) is 60.9 Å². The van der Waals surface area contributed by atoms with Gasteiger partial charge >= 0.3 is 5.97 Å². The van der Waals surface area contributed by atoms with Crippen LogP contribution >= 0.6 is 0 Å². The average molecular weight is 467 g/mol. The molecule has 0 fully saturated rings. The molecule has 6 nitrogen and oxygen atoms in total. The van der Waals surface area contributed by atoms with Crippen molar-refractivity contribution >= 4 is 32.6 Å². The molecule has 0 amide bonds. The van der Waals surface area contributed by atoms with Crippen LogP contribution in [0.15, 0.2) is 71.6 Å². The number of carbonyl (C=O) groups is 1. The summed E-state index contributed by atoms with van der Waals surface area (Å²) >= 11 is 0. The summed E-state index contributed by atoms with van der Waals surface area (Å²) in [4.78, 5) is 11.5. The summed E-state index contributed by atoms with van der Waals surface area (Å²) in [6.45, 7) is 3.31. The van der Waals surface area contributed by atoms with Crippen molar-refractivity contribution in [2.24, 2.45) is 0 Å². The Hall–Kier alpha value is -3.65. The van der Waals surface area contributed by atoms with Gasteiger partial charge in [-0.3, -0.25) is 9.52 Å². The van der Waals surface area contributed by atoms with Gasteiger partial charge in [0.1, 0.15) is 12.4 Å². The van der Waals surface area contributed by atoms with E-state index in [9.17, 15) is 22.7 Å². The molecular weight excluding hydrogens is 443 g/mol. The van der Waals surface area contributed by atoms with Crippen molar-refractivity contribution in [1.82, 2.24) is 4.57 Å². The normalized spacial score (nSPS) is 11.6. The highest BCUT2D eigenvalue weighted by Gasteiger charge is 2.22. The van der Waals surface area contributed by atoms with E-state index in [0.717, 1.165) is 5.56 Å². The van der Waals surface area contributed by atoms with E-state index in [1.54, 1.807) is 47.9 Å². The van der Waals surface area contributed by atoms with Gasteiger partial charge in [-0.2, -0.15) is 0 Å². The third kappa shape index (κ3) is 4.47. The topological polar surface area (TPSA) is 88.4 Å². The zero-order chi connectivity index (χ0) is 23.8. The summed E-state index contributed by atoms with van der Waals surface area (Å²) in [5, 5.41) is 9.90. The van der Waals surface area contributed by atoms with Gasteiger partial charge in [-0.25, -0.2) is 12.8 Å². The van der Waals surface area contributed by atoms with Gasteiger partial charge in [0.25, 0.3) is 10.0 Å². The molecule has 0 bridgehead atoms. The number of fused-ring (bicyclic) bond motifs is 1. The number of anilines is 1. The lowest BCUT2D eigenvalue weighted by Gasteiger charge is -2.14. The van der Waals surface area contributed by atoms with E-state index in [1.807, 2.05) is 19.1 Å². The number of para-hydroxylation sites is 1. The van der Waals surface area contributed by atoms with Crippen molar-refractivity contribution in [3.05, 3.63) is 94.9 Å². The zero-order valence-corrected chi connectivity index (χ0v) is 19.0. The fraction of sp³-hybridized carbons (Fsp3) is 0.160. The lowest BCUT2D eigenvalue weighted by Crippen LogP contribution is -2.16. The smallest absolute Gasteiger partial charge is 0.323 e. The Balaban J connectivity index is 1.81. The number of rotatable bonds is 7. The summed E-state index contributed by atoms with van der Waals surface area (Å²) in [6.07, 6.45) is 0.198. The highest BCUT2D eigenvalue weighted by Crippen LogP contribution is 2.31. The second-order valence-corrected chi connectivity index (χ2v) is 9.56. The summed E-state index contributed by atoms with van der Waals surface area (Å²) in [5.41, 5.74) is 3.73. The molecule has 0 saturated heterocycles. The Morgan fingerprint density at radius 3 is 2.45 bits per heavy atom. The maximum Gasteiger partial charge on any atom is 0.323 e. The largest absolute Gasteiger partial charge is 0.480 e. The summed E-state index contributed by atoms with van der Waals surface area (Å²) in [7, 11) is -3.90. The van der Waals surface area contributed by atoms with Crippen LogP contribution in [0.25, 0.3) is 10.9 Å². The van der Waals surface area contributed by atoms with Gasteiger partial charge < -0.3 is 9.67 Å². The molecule has 8 heteroatoms. The molecule has 0 aliphatic heterocycles. The van der Waals surface area contributed by atoms with Gasteiger partial charge in [0.05, 0.1) is 10.6 Å².